The van der Waals surface area contributed by atoms with Crippen LogP contribution >= 0.6 is 0 Å². The van der Waals surface area contributed by atoms with Gasteiger partial charge in [0, 0.05) is 31.3 Å². The number of rotatable bonds is 3. The van der Waals surface area contributed by atoms with Crippen molar-refractivity contribution in [2.24, 2.45) is 7.05 Å². The first-order valence-electron chi connectivity index (χ1n) is 9.30. The lowest BCUT2D eigenvalue weighted by molar-refractivity contribution is -0.133. The molecule has 0 fully saturated rings. The lowest BCUT2D eigenvalue weighted by Gasteiger charge is -2.32. The molecule has 142 valence electrons. The van der Waals surface area contributed by atoms with Crippen molar-refractivity contribution in [2.45, 2.75) is 25.9 Å². The molecule has 1 unspecified atom stereocenters. The molecule has 1 amide bonds. The van der Waals surface area contributed by atoms with Gasteiger partial charge in [-0.3, -0.25) is 9.48 Å². The zero-order valence-electron chi connectivity index (χ0n) is 15.8. The molecule has 1 aliphatic heterocycles. The van der Waals surface area contributed by atoms with Gasteiger partial charge in [-0.25, -0.2) is 9.97 Å². The second-order valence-electron chi connectivity index (χ2n) is 7.27. The van der Waals surface area contributed by atoms with Crippen LogP contribution in [-0.4, -0.2) is 46.7 Å². The number of para-hydroxylation sites is 2. The van der Waals surface area contributed by atoms with E-state index in [-0.39, 0.29) is 18.4 Å². The van der Waals surface area contributed by atoms with Gasteiger partial charge < -0.3 is 14.5 Å². The van der Waals surface area contributed by atoms with Gasteiger partial charge in [0.2, 0.25) is 5.91 Å². The Bertz CT molecular complexity index is 1170. The molecule has 0 saturated carbocycles. The van der Waals surface area contributed by atoms with Crippen LogP contribution in [0.3, 0.4) is 0 Å². The minimum absolute atomic E-state index is 0.0216. The first-order chi connectivity index (χ1) is 13.6. The summed E-state index contributed by atoms with van der Waals surface area (Å²) in [6, 6.07) is 7.91. The molecule has 1 N–H and O–H groups in total. The van der Waals surface area contributed by atoms with Crippen molar-refractivity contribution in [2.75, 3.05) is 6.54 Å². The molecule has 1 aliphatic rings. The van der Waals surface area contributed by atoms with E-state index < -0.39 is 0 Å². The molecule has 0 aliphatic carbocycles. The molecule has 1 atom stereocenters. The first-order valence-corrected chi connectivity index (χ1v) is 9.30. The number of fused-ring (bicyclic) bond motifs is 2. The summed E-state index contributed by atoms with van der Waals surface area (Å²) in [5.41, 5.74) is 4.95. The van der Waals surface area contributed by atoms with Gasteiger partial charge in [0.25, 0.3) is 0 Å². The Morgan fingerprint density at radius 1 is 1.32 bits per heavy atom. The van der Waals surface area contributed by atoms with E-state index in [1.54, 1.807) is 11.0 Å². The Morgan fingerprint density at radius 2 is 2.18 bits per heavy atom. The summed E-state index contributed by atoms with van der Waals surface area (Å²) in [5.74, 6) is 0.936. The van der Waals surface area contributed by atoms with Crippen LogP contribution < -0.4 is 0 Å². The number of aromatic nitrogens is 6. The number of aromatic amines is 1. The van der Waals surface area contributed by atoms with Crippen LogP contribution in [-0.2, 0) is 24.9 Å². The Morgan fingerprint density at radius 3 is 3.00 bits per heavy atom. The molecule has 1 aromatic carbocycles. The monoisotopic (exact) mass is 375 g/mol. The molecule has 0 saturated heterocycles. The van der Waals surface area contributed by atoms with Gasteiger partial charge >= 0.3 is 0 Å². The highest BCUT2D eigenvalue weighted by atomic mass is 16.2. The third-order valence-electron chi connectivity index (χ3n) is 5.45. The van der Waals surface area contributed by atoms with E-state index in [1.165, 1.54) is 0 Å². The highest BCUT2D eigenvalue weighted by Gasteiger charge is 2.32. The number of carbonyl (C=O) groups excluding carboxylic acids is 1. The topological polar surface area (TPSA) is 84.6 Å². The van der Waals surface area contributed by atoms with Crippen LogP contribution in [0.25, 0.3) is 11.0 Å². The van der Waals surface area contributed by atoms with Crippen molar-refractivity contribution in [3.63, 3.8) is 0 Å². The summed E-state index contributed by atoms with van der Waals surface area (Å²) in [7, 11) is 1.90. The summed E-state index contributed by atoms with van der Waals surface area (Å²) in [6.07, 6.45) is 5.55. The number of carbonyl (C=O) groups is 1. The van der Waals surface area contributed by atoms with E-state index in [0.29, 0.717) is 13.1 Å². The minimum atomic E-state index is 0.0216. The van der Waals surface area contributed by atoms with Gasteiger partial charge in [-0.2, -0.15) is 5.10 Å². The van der Waals surface area contributed by atoms with Crippen LogP contribution in [0, 0.1) is 6.92 Å². The van der Waals surface area contributed by atoms with E-state index in [0.717, 1.165) is 33.8 Å². The molecule has 5 rings (SSSR count). The molecule has 0 radical (unpaired) electrons. The molecule has 0 bridgehead atoms. The second kappa shape index (κ2) is 6.33. The van der Waals surface area contributed by atoms with Crippen LogP contribution in [0.5, 0.6) is 0 Å². The quantitative estimate of drug-likeness (QED) is 0.593. The minimum Gasteiger partial charge on any atom is -0.347 e. The van der Waals surface area contributed by atoms with Crippen LogP contribution in [0.2, 0.25) is 0 Å². The lowest BCUT2D eigenvalue weighted by Crippen LogP contribution is -2.40. The van der Waals surface area contributed by atoms with Crippen LogP contribution in [0.1, 0.15) is 28.7 Å². The number of aryl methyl sites for hydroxylation is 2. The smallest absolute Gasteiger partial charge is 0.242 e. The standard InChI is InChI=1S/C20H21N7O/c1-13-24-16-5-3-4-6-18(16)27(13)11-19(28)26-9-15(14-7-23-25(2)8-14)20-17(10-26)21-12-22-20/h3-8,12,15H,9-11H2,1-2H3,(H,21,22). The number of nitrogens with one attached hydrogen (secondary N) is 1. The summed E-state index contributed by atoms with van der Waals surface area (Å²) in [6.45, 7) is 3.34. The number of H-pyrrole nitrogens is 1. The van der Waals surface area contributed by atoms with Crippen LogP contribution in [0.4, 0.5) is 0 Å². The van der Waals surface area contributed by atoms with E-state index in [2.05, 4.69) is 20.1 Å². The number of benzene rings is 1. The zero-order valence-corrected chi connectivity index (χ0v) is 15.8. The average Bonchev–Trinajstić information content (AvgIpc) is 3.40. The number of amides is 1. The third kappa shape index (κ3) is 2.69. The van der Waals surface area contributed by atoms with E-state index in [4.69, 9.17) is 0 Å². The van der Waals surface area contributed by atoms with E-state index in [1.807, 2.05) is 60.1 Å². The summed E-state index contributed by atoms with van der Waals surface area (Å²) in [5, 5.41) is 4.29. The Labute approximate surface area is 161 Å². The van der Waals surface area contributed by atoms with E-state index >= 15 is 0 Å². The molecule has 4 aromatic rings. The van der Waals surface area contributed by atoms with Gasteiger partial charge in [-0.15, -0.1) is 0 Å². The number of hydrogen-bond donors (Lipinski definition) is 1. The van der Waals surface area contributed by atoms with Gasteiger partial charge in [0.1, 0.15) is 12.4 Å². The fraction of sp³-hybridized carbons (Fsp3) is 0.300. The molecule has 8 heteroatoms. The van der Waals surface area contributed by atoms with Crippen molar-refractivity contribution in [1.29, 1.82) is 0 Å². The maximum atomic E-state index is 13.2. The van der Waals surface area contributed by atoms with Crippen molar-refractivity contribution in [3.05, 3.63) is 65.8 Å². The Balaban J connectivity index is 1.45. The Kier molecular flexibility index (Phi) is 3.78. The number of imidazole rings is 2. The summed E-state index contributed by atoms with van der Waals surface area (Å²) >= 11 is 0. The molecule has 28 heavy (non-hydrogen) atoms. The highest BCUT2D eigenvalue weighted by molar-refractivity contribution is 5.81. The lowest BCUT2D eigenvalue weighted by atomic mass is 9.93. The zero-order chi connectivity index (χ0) is 19.3. The fourth-order valence-electron chi connectivity index (χ4n) is 4.02. The second-order valence-corrected chi connectivity index (χ2v) is 7.27. The largest absolute Gasteiger partial charge is 0.347 e. The molecule has 8 nitrogen and oxygen atoms in total. The molecule has 0 spiro atoms. The van der Waals surface area contributed by atoms with Gasteiger partial charge in [-0.05, 0) is 19.1 Å². The van der Waals surface area contributed by atoms with E-state index in [9.17, 15) is 4.79 Å². The van der Waals surface area contributed by atoms with Crippen molar-refractivity contribution >= 4 is 16.9 Å². The van der Waals surface area contributed by atoms with Crippen molar-refractivity contribution < 1.29 is 4.79 Å². The predicted molar refractivity (Wildman–Crippen MR) is 104 cm³/mol. The predicted octanol–water partition coefficient (Wildman–Crippen LogP) is 1.98. The first kappa shape index (κ1) is 16.7. The normalized spacial score (nSPS) is 16.5. The molecular weight excluding hydrogens is 354 g/mol. The maximum Gasteiger partial charge on any atom is 0.242 e. The molecule has 3 aromatic heterocycles. The number of hydrogen-bond acceptors (Lipinski definition) is 4. The van der Waals surface area contributed by atoms with Crippen LogP contribution in [0.15, 0.2) is 43.0 Å². The molecule has 4 heterocycles. The summed E-state index contributed by atoms with van der Waals surface area (Å²) in [4.78, 5) is 27.4. The number of nitrogens with zero attached hydrogens (tertiary/aromatic N) is 6. The van der Waals surface area contributed by atoms with Gasteiger partial charge in [0.15, 0.2) is 0 Å². The third-order valence-corrected chi connectivity index (χ3v) is 5.45. The SMILES string of the molecule is Cc1nc2ccccc2n1CC(=O)N1Cc2[nH]cnc2C(c2cnn(C)c2)C1. The average molecular weight is 375 g/mol. The van der Waals surface area contributed by atoms with Crippen molar-refractivity contribution in [3.8, 4) is 0 Å². The highest BCUT2D eigenvalue weighted by Crippen LogP contribution is 2.31. The van der Waals surface area contributed by atoms with Crippen molar-refractivity contribution in [1.82, 2.24) is 34.2 Å². The fourth-order valence-corrected chi connectivity index (χ4v) is 4.02. The van der Waals surface area contributed by atoms with Gasteiger partial charge in [0.05, 0.1) is 41.5 Å². The maximum absolute atomic E-state index is 13.2. The van der Waals surface area contributed by atoms with Gasteiger partial charge in [-0.1, -0.05) is 12.1 Å². The molecular formula is C20H21N7O. The Hall–Kier alpha value is -3.42. The summed E-state index contributed by atoms with van der Waals surface area (Å²) < 4.78 is 3.77.